The summed E-state index contributed by atoms with van der Waals surface area (Å²) in [6, 6.07) is 0. The highest BCUT2D eigenvalue weighted by Crippen LogP contribution is 2.28. The maximum atomic E-state index is 5.82. The van der Waals surface area contributed by atoms with Gasteiger partial charge in [0, 0.05) is 0 Å². The molecule has 13 heavy (non-hydrogen) atoms. The molecule has 70 valence electrons. The van der Waals surface area contributed by atoms with E-state index in [1.54, 1.807) is 0 Å². The van der Waals surface area contributed by atoms with Gasteiger partial charge in [-0.2, -0.15) is 4.98 Å². The van der Waals surface area contributed by atoms with Crippen LogP contribution in [0.15, 0.2) is 6.20 Å². The summed E-state index contributed by atoms with van der Waals surface area (Å²) in [4.78, 5) is 7.65. The number of nitrogens with two attached hydrogens (primary N) is 1. The van der Waals surface area contributed by atoms with Crippen molar-refractivity contribution in [2.75, 3.05) is 5.73 Å². The van der Waals surface area contributed by atoms with Crippen LogP contribution in [-0.4, -0.2) is 16.1 Å². The molecule has 0 aliphatic heterocycles. The standard InChI is InChI=1S/C8H10ClN3O/c9-6-4-11-8(10)12-7(6)13-5-2-1-3-5/h4-5H,1-3H2,(H2,10,11,12). The Hall–Kier alpha value is -1.03. The van der Waals surface area contributed by atoms with Crippen LogP contribution in [0.3, 0.4) is 0 Å². The van der Waals surface area contributed by atoms with Crippen molar-refractivity contribution in [2.45, 2.75) is 25.4 Å². The van der Waals surface area contributed by atoms with E-state index in [1.165, 1.54) is 12.6 Å². The maximum absolute atomic E-state index is 5.82. The second kappa shape index (κ2) is 3.38. The summed E-state index contributed by atoms with van der Waals surface area (Å²) in [6.45, 7) is 0. The zero-order valence-electron chi connectivity index (χ0n) is 7.03. The van der Waals surface area contributed by atoms with Crippen LogP contribution in [0.4, 0.5) is 5.95 Å². The molecule has 1 aromatic rings. The molecule has 0 amide bonds. The van der Waals surface area contributed by atoms with Crippen LogP contribution in [0.1, 0.15) is 19.3 Å². The summed E-state index contributed by atoms with van der Waals surface area (Å²) < 4.78 is 5.50. The van der Waals surface area contributed by atoms with Gasteiger partial charge in [0.05, 0.1) is 6.20 Å². The number of anilines is 1. The molecule has 0 spiro atoms. The molecule has 1 saturated carbocycles. The molecule has 5 heteroatoms. The van der Waals surface area contributed by atoms with Gasteiger partial charge < -0.3 is 10.5 Å². The lowest BCUT2D eigenvalue weighted by atomic mass is 9.96. The molecule has 0 unspecified atom stereocenters. The van der Waals surface area contributed by atoms with Crippen LogP contribution in [0.2, 0.25) is 5.02 Å². The quantitative estimate of drug-likeness (QED) is 0.787. The molecule has 4 nitrogen and oxygen atoms in total. The predicted molar refractivity (Wildman–Crippen MR) is 49.7 cm³/mol. The van der Waals surface area contributed by atoms with Gasteiger partial charge in [-0.15, -0.1) is 0 Å². The number of ether oxygens (including phenoxy) is 1. The number of hydrogen-bond acceptors (Lipinski definition) is 4. The highest BCUT2D eigenvalue weighted by atomic mass is 35.5. The summed E-state index contributed by atoms with van der Waals surface area (Å²) in [6.07, 6.45) is 5.06. The number of nitrogen functional groups attached to an aromatic ring is 1. The molecular weight excluding hydrogens is 190 g/mol. The lowest BCUT2D eigenvalue weighted by Crippen LogP contribution is -2.25. The lowest BCUT2D eigenvalue weighted by molar-refractivity contribution is 0.115. The summed E-state index contributed by atoms with van der Waals surface area (Å²) in [5.41, 5.74) is 5.40. The van der Waals surface area contributed by atoms with Gasteiger partial charge in [0.25, 0.3) is 0 Å². The molecule has 2 N–H and O–H groups in total. The zero-order valence-corrected chi connectivity index (χ0v) is 7.79. The van der Waals surface area contributed by atoms with Crippen molar-refractivity contribution in [3.05, 3.63) is 11.2 Å². The third-order valence-electron chi connectivity index (χ3n) is 2.06. The molecule has 1 aliphatic carbocycles. The fourth-order valence-electron chi connectivity index (χ4n) is 1.09. The largest absolute Gasteiger partial charge is 0.473 e. The first-order valence-electron chi connectivity index (χ1n) is 4.20. The number of aromatic nitrogens is 2. The molecule has 1 aromatic heterocycles. The van der Waals surface area contributed by atoms with Gasteiger partial charge >= 0.3 is 0 Å². The molecule has 0 atom stereocenters. The minimum Gasteiger partial charge on any atom is -0.473 e. The SMILES string of the molecule is Nc1ncc(Cl)c(OC2CCC2)n1. The van der Waals surface area contributed by atoms with Crippen molar-refractivity contribution in [3.8, 4) is 5.88 Å². The molecule has 1 aliphatic rings. The Balaban J connectivity index is 2.13. The van der Waals surface area contributed by atoms with E-state index in [9.17, 15) is 0 Å². The summed E-state index contributed by atoms with van der Waals surface area (Å²) >= 11 is 5.82. The summed E-state index contributed by atoms with van der Waals surface area (Å²) in [7, 11) is 0. The van der Waals surface area contributed by atoms with E-state index in [-0.39, 0.29) is 12.1 Å². The van der Waals surface area contributed by atoms with Crippen LogP contribution in [0.25, 0.3) is 0 Å². The highest BCUT2D eigenvalue weighted by molar-refractivity contribution is 6.31. The highest BCUT2D eigenvalue weighted by Gasteiger charge is 2.21. The molecule has 1 heterocycles. The lowest BCUT2D eigenvalue weighted by Gasteiger charge is -2.25. The predicted octanol–water partition coefficient (Wildman–Crippen LogP) is 1.64. The van der Waals surface area contributed by atoms with Gasteiger partial charge in [-0.05, 0) is 19.3 Å². The second-order valence-electron chi connectivity index (χ2n) is 3.05. The Morgan fingerprint density at radius 2 is 2.31 bits per heavy atom. The van der Waals surface area contributed by atoms with Gasteiger partial charge in [0.15, 0.2) is 0 Å². The fraction of sp³-hybridized carbons (Fsp3) is 0.500. The third-order valence-corrected chi connectivity index (χ3v) is 2.32. The fourth-order valence-corrected chi connectivity index (χ4v) is 1.23. The van der Waals surface area contributed by atoms with Gasteiger partial charge in [-0.1, -0.05) is 11.6 Å². The monoisotopic (exact) mass is 199 g/mol. The average molecular weight is 200 g/mol. The number of nitrogens with zero attached hydrogens (tertiary/aromatic N) is 2. The minimum absolute atomic E-state index is 0.193. The first-order valence-corrected chi connectivity index (χ1v) is 4.58. The summed E-state index contributed by atoms with van der Waals surface area (Å²) in [5.74, 6) is 0.595. The van der Waals surface area contributed by atoms with E-state index in [0.717, 1.165) is 12.8 Å². The van der Waals surface area contributed by atoms with Crippen LogP contribution in [0, 0.1) is 0 Å². The van der Waals surface area contributed by atoms with Crippen LogP contribution in [-0.2, 0) is 0 Å². The third kappa shape index (κ3) is 1.83. The summed E-state index contributed by atoms with van der Waals surface area (Å²) in [5, 5.41) is 0.418. The molecule has 0 bridgehead atoms. The molecular formula is C8H10ClN3O. The van der Waals surface area contributed by atoms with E-state index in [1.807, 2.05) is 0 Å². The molecule has 2 rings (SSSR count). The second-order valence-corrected chi connectivity index (χ2v) is 3.46. The average Bonchev–Trinajstić information content (AvgIpc) is 2.03. The molecule has 0 aromatic carbocycles. The van der Waals surface area contributed by atoms with Gasteiger partial charge in [0.1, 0.15) is 11.1 Å². The van der Waals surface area contributed by atoms with Crippen molar-refractivity contribution < 1.29 is 4.74 Å². The Labute approximate surface area is 81.1 Å². The number of hydrogen-bond donors (Lipinski definition) is 1. The van der Waals surface area contributed by atoms with Crippen LogP contribution < -0.4 is 10.5 Å². The Kier molecular flexibility index (Phi) is 2.22. The molecule has 0 radical (unpaired) electrons. The van der Waals surface area contributed by atoms with E-state index < -0.39 is 0 Å². The normalized spacial score (nSPS) is 16.7. The van der Waals surface area contributed by atoms with Crippen molar-refractivity contribution in [3.63, 3.8) is 0 Å². The first kappa shape index (κ1) is 8.56. The Morgan fingerprint density at radius 1 is 1.54 bits per heavy atom. The van der Waals surface area contributed by atoms with E-state index >= 15 is 0 Å². The van der Waals surface area contributed by atoms with Gasteiger partial charge in [-0.25, -0.2) is 4.98 Å². The minimum atomic E-state index is 0.193. The first-order chi connectivity index (χ1) is 6.25. The van der Waals surface area contributed by atoms with Crippen molar-refractivity contribution in [2.24, 2.45) is 0 Å². The number of rotatable bonds is 2. The Morgan fingerprint density at radius 3 is 2.92 bits per heavy atom. The number of halogens is 1. The van der Waals surface area contributed by atoms with E-state index in [4.69, 9.17) is 22.1 Å². The van der Waals surface area contributed by atoms with Crippen molar-refractivity contribution >= 4 is 17.5 Å². The Bertz CT molecular complexity index is 314. The van der Waals surface area contributed by atoms with E-state index in [2.05, 4.69) is 9.97 Å². The van der Waals surface area contributed by atoms with Crippen LogP contribution >= 0.6 is 11.6 Å². The van der Waals surface area contributed by atoms with Crippen LogP contribution in [0.5, 0.6) is 5.88 Å². The molecule has 0 saturated heterocycles. The topological polar surface area (TPSA) is 61.0 Å². The maximum Gasteiger partial charge on any atom is 0.237 e. The van der Waals surface area contributed by atoms with Crippen molar-refractivity contribution in [1.29, 1.82) is 0 Å². The molecule has 1 fully saturated rings. The van der Waals surface area contributed by atoms with Crippen molar-refractivity contribution in [1.82, 2.24) is 9.97 Å². The zero-order chi connectivity index (χ0) is 9.26. The van der Waals surface area contributed by atoms with Gasteiger partial charge in [0.2, 0.25) is 11.8 Å². The van der Waals surface area contributed by atoms with E-state index in [0.29, 0.717) is 10.9 Å². The van der Waals surface area contributed by atoms with Gasteiger partial charge in [-0.3, -0.25) is 0 Å². The smallest absolute Gasteiger partial charge is 0.237 e.